The number of carboxylic acid groups (broad SMARTS) is 6. The summed E-state index contributed by atoms with van der Waals surface area (Å²) in [5, 5.41) is 68.2. The Morgan fingerprint density at radius 1 is 0.588 bits per heavy atom. The largest absolute Gasteiger partial charge is 0.481 e. The molecule has 0 radical (unpaired) electrons. The number of nitrogens with one attached hydrogen (secondary N) is 6. The van der Waals surface area contributed by atoms with Crippen molar-refractivity contribution in [2.24, 2.45) is 0 Å². The highest BCUT2D eigenvalue weighted by Gasteiger charge is 2.29. The molecule has 0 unspecified atom stereocenters. The van der Waals surface area contributed by atoms with Crippen LogP contribution in [0.2, 0.25) is 0 Å². The van der Waals surface area contributed by atoms with E-state index in [1.54, 1.807) is 32.2 Å². The van der Waals surface area contributed by atoms with Crippen molar-refractivity contribution in [3.8, 4) is 0 Å². The van der Waals surface area contributed by atoms with Gasteiger partial charge in [0.25, 0.3) is 11.5 Å². The second-order valence-electron chi connectivity index (χ2n) is 15.3. The van der Waals surface area contributed by atoms with Crippen LogP contribution < -0.4 is 37.0 Å². The predicted octanol–water partition coefficient (Wildman–Crippen LogP) is -0.624. The molecule has 0 bridgehead atoms. The number of nitrogens with zero attached hydrogens (tertiary/aromatic N) is 2. The number of carboxylic acids is 6. The minimum atomic E-state index is -1.73. The molecule has 0 aliphatic rings. The number of aromatic nitrogens is 2. The van der Waals surface area contributed by atoms with Crippen molar-refractivity contribution in [3.05, 3.63) is 57.0 Å². The number of thiophene rings is 1. The highest BCUT2D eigenvalue weighted by Crippen LogP contribution is 2.27. The minimum absolute atomic E-state index is 0.143. The van der Waals surface area contributed by atoms with E-state index in [0.29, 0.717) is 28.3 Å². The fraction of sp³-hybridized carbons (Fsp3) is 0.439. The summed E-state index contributed by atoms with van der Waals surface area (Å²) in [6.07, 6.45) is -5.66. The molecular weight excluding hydrogens is 925 g/mol. The van der Waals surface area contributed by atoms with Gasteiger partial charge in [-0.2, -0.15) is 0 Å². The molecule has 368 valence electrons. The molecule has 0 aliphatic carbocycles. The second kappa shape index (κ2) is 25.7. The summed E-state index contributed by atoms with van der Waals surface area (Å²) in [6.45, 7) is 2.01. The molecule has 26 nitrogen and oxygen atoms in total. The van der Waals surface area contributed by atoms with E-state index in [1.807, 2.05) is 11.0 Å². The summed E-state index contributed by atoms with van der Waals surface area (Å²) >= 11 is 1.05. The number of hydrogen-bond acceptors (Lipinski definition) is 15. The lowest BCUT2D eigenvalue weighted by molar-refractivity contribution is -0.144. The molecule has 12 N–H and O–H groups in total. The Labute approximate surface area is 388 Å². The standard InChI is InChI=1S/C41H50N8O18S/c1-19-42-22-4-3-20(17-21(22)35(56)43-19)18-49(2)33-15-10-28(68-33)36(57)48-27(41(66)67)8-14-32(53)46-25(39(62)63)6-12-30(51)44-23(37(58)59)5-11-29(50)45-24(38(60)61)7-13-31(52)47-26(40(64)65)9-16-34(54)55/h3-4,10,15,17,23-27H,5-9,11-14,16,18H2,1-2H3,(H,44,51)(H,45,50)(H,46,53)(H,47,52)(H,48,57)(H,54,55)(H,58,59)(H,60,61)(H,62,63)(H,64,65)(H,66,67)(H,42,43,56)/t23-,24-,25-,26-,27-/m0/s1. The van der Waals surface area contributed by atoms with Crippen LogP contribution in [0.1, 0.15) is 85.3 Å². The predicted molar refractivity (Wildman–Crippen MR) is 234 cm³/mol. The minimum Gasteiger partial charge on any atom is -0.481 e. The number of aliphatic carboxylic acids is 6. The Bertz CT molecular complexity index is 2470. The van der Waals surface area contributed by atoms with Gasteiger partial charge in [0.1, 0.15) is 36.0 Å². The normalized spacial score (nSPS) is 13.1. The number of anilines is 1. The fourth-order valence-electron chi connectivity index (χ4n) is 6.36. The Kier molecular flexibility index (Phi) is 20.5. The smallest absolute Gasteiger partial charge is 0.326 e. The SMILES string of the molecule is Cc1nc2ccc(CN(C)c3ccc(C(=O)N[C@@H](CCC(=O)N[C@@H](CCC(=O)N[C@@H](CCC(=O)N[C@@H](CCC(=O)N[C@@H](CCC(=O)O)C(=O)O)C(=O)O)C(=O)O)C(=O)O)C(=O)O)s3)cc2c(=O)[nH]1. The van der Waals surface area contributed by atoms with Crippen LogP contribution in [0.4, 0.5) is 5.00 Å². The van der Waals surface area contributed by atoms with Crippen LogP contribution in [0.25, 0.3) is 10.9 Å². The van der Waals surface area contributed by atoms with Gasteiger partial charge in [-0.25, -0.2) is 29.0 Å². The zero-order chi connectivity index (χ0) is 50.8. The number of H-pyrrole nitrogens is 1. The van der Waals surface area contributed by atoms with Gasteiger partial charge in [-0.1, -0.05) is 6.07 Å². The molecule has 27 heteroatoms. The van der Waals surface area contributed by atoms with Crippen LogP contribution in [0.15, 0.2) is 35.1 Å². The summed E-state index contributed by atoms with van der Waals surface area (Å²) in [6, 6.07) is 0.0832. The molecule has 0 spiro atoms. The summed E-state index contributed by atoms with van der Waals surface area (Å²) in [5.41, 5.74) is 1.03. The van der Waals surface area contributed by atoms with Crippen molar-refractivity contribution in [1.82, 2.24) is 36.6 Å². The molecular formula is C41H50N8O18S. The number of carbonyl (C=O) groups is 11. The zero-order valence-electron chi connectivity index (χ0n) is 36.4. The molecule has 0 saturated carbocycles. The van der Waals surface area contributed by atoms with Crippen molar-refractivity contribution in [3.63, 3.8) is 0 Å². The van der Waals surface area contributed by atoms with Crippen molar-refractivity contribution in [2.45, 2.75) is 108 Å². The third-order valence-corrected chi connectivity index (χ3v) is 11.1. The Morgan fingerprint density at radius 3 is 1.38 bits per heavy atom. The van der Waals surface area contributed by atoms with E-state index in [0.717, 1.165) is 16.9 Å². The van der Waals surface area contributed by atoms with Gasteiger partial charge in [0.05, 0.1) is 20.8 Å². The Hall–Kier alpha value is -7.97. The van der Waals surface area contributed by atoms with Crippen LogP contribution in [0, 0.1) is 6.92 Å². The highest BCUT2D eigenvalue weighted by molar-refractivity contribution is 7.18. The first kappa shape index (κ1) is 54.4. The second-order valence-corrected chi connectivity index (χ2v) is 16.3. The average Bonchev–Trinajstić information content (AvgIpc) is 3.76. The van der Waals surface area contributed by atoms with E-state index in [4.69, 9.17) is 5.11 Å². The van der Waals surface area contributed by atoms with E-state index in [-0.39, 0.29) is 10.4 Å². The third-order valence-electron chi connectivity index (χ3n) is 9.92. The number of amides is 5. The lowest BCUT2D eigenvalue weighted by atomic mass is 10.1. The first-order valence-corrected chi connectivity index (χ1v) is 21.4. The van der Waals surface area contributed by atoms with Gasteiger partial charge in [0.2, 0.25) is 23.6 Å². The molecule has 2 heterocycles. The molecule has 68 heavy (non-hydrogen) atoms. The van der Waals surface area contributed by atoms with E-state index in [2.05, 4.69) is 36.6 Å². The van der Waals surface area contributed by atoms with Crippen molar-refractivity contribution in [2.75, 3.05) is 11.9 Å². The van der Waals surface area contributed by atoms with Gasteiger partial charge in [-0.15, -0.1) is 11.3 Å². The van der Waals surface area contributed by atoms with Gasteiger partial charge in [0.15, 0.2) is 0 Å². The van der Waals surface area contributed by atoms with Gasteiger partial charge >= 0.3 is 35.8 Å². The van der Waals surface area contributed by atoms with E-state index < -0.39 is 160 Å². The summed E-state index contributed by atoms with van der Waals surface area (Å²) in [7, 11) is 1.75. The molecule has 1 aromatic carbocycles. The van der Waals surface area contributed by atoms with E-state index >= 15 is 0 Å². The first-order valence-electron chi connectivity index (χ1n) is 20.6. The van der Waals surface area contributed by atoms with Gasteiger partial charge in [-0.3, -0.25) is 33.6 Å². The number of hydrogen-bond donors (Lipinski definition) is 12. The molecule has 3 aromatic rings. The van der Waals surface area contributed by atoms with Gasteiger partial charge in [0, 0.05) is 45.7 Å². The quantitative estimate of drug-likeness (QED) is 0.0412. The van der Waals surface area contributed by atoms with Crippen LogP contribution in [0.3, 0.4) is 0 Å². The number of rotatable bonds is 29. The van der Waals surface area contributed by atoms with E-state index in [1.165, 1.54) is 6.07 Å². The Balaban J connectivity index is 1.46. The topological polar surface area (TPSA) is 418 Å². The lowest BCUT2D eigenvalue weighted by Crippen LogP contribution is -2.46. The summed E-state index contributed by atoms with van der Waals surface area (Å²) < 4.78 is 0. The maximum atomic E-state index is 13.0. The van der Waals surface area contributed by atoms with Gasteiger partial charge in [-0.05, 0) is 68.9 Å². The third kappa shape index (κ3) is 17.8. The average molecular weight is 975 g/mol. The maximum absolute atomic E-state index is 13.0. The number of aromatic amines is 1. The number of fused-ring (bicyclic) bond motifs is 1. The number of aryl methyl sites for hydroxylation is 1. The molecule has 0 fully saturated rings. The lowest BCUT2D eigenvalue weighted by Gasteiger charge is -2.19. The zero-order valence-corrected chi connectivity index (χ0v) is 37.3. The monoisotopic (exact) mass is 974 g/mol. The van der Waals surface area contributed by atoms with Gasteiger partial charge < -0.3 is 67.1 Å². The maximum Gasteiger partial charge on any atom is 0.326 e. The highest BCUT2D eigenvalue weighted by atomic mass is 32.1. The van der Waals surface area contributed by atoms with Crippen LogP contribution in [-0.4, -0.2) is 143 Å². The van der Waals surface area contributed by atoms with Crippen molar-refractivity contribution < 1.29 is 83.4 Å². The molecule has 0 saturated heterocycles. The Morgan fingerprint density at radius 2 is 0.985 bits per heavy atom. The van der Waals surface area contributed by atoms with Crippen molar-refractivity contribution >= 4 is 92.6 Å². The first-order chi connectivity index (χ1) is 31.9. The van der Waals surface area contributed by atoms with Crippen LogP contribution in [-0.2, 0) is 54.5 Å². The summed E-state index contributed by atoms with van der Waals surface area (Å²) in [5.74, 6) is -13.3. The van der Waals surface area contributed by atoms with Crippen molar-refractivity contribution in [1.29, 1.82) is 0 Å². The fourth-order valence-corrected chi connectivity index (χ4v) is 7.23. The molecule has 3 rings (SSSR count). The molecule has 5 atom stereocenters. The van der Waals surface area contributed by atoms with Crippen LogP contribution >= 0.6 is 11.3 Å². The van der Waals surface area contributed by atoms with E-state index in [9.17, 15) is 83.1 Å². The number of benzene rings is 1. The van der Waals surface area contributed by atoms with Crippen LogP contribution in [0.5, 0.6) is 0 Å². The molecule has 0 aliphatic heterocycles. The molecule has 2 aromatic heterocycles. The molecule has 5 amide bonds. The summed E-state index contributed by atoms with van der Waals surface area (Å²) in [4.78, 5) is 154. The number of carbonyl (C=O) groups excluding carboxylic acids is 5.